The van der Waals surface area contributed by atoms with E-state index in [2.05, 4.69) is 15.6 Å². The molecule has 0 bridgehead atoms. The molecule has 1 amide bonds. The molecule has 1 aromatic heterocycles. The maximum absolute atomic E-state index is 12.1. The first kappa shape index (κ1) is 13.1. The van der Waals surface area contributed by atoms with Crippen LogP contribution in [0.4, 0.5) is 5.69 Å². The number of rotatable bonds is 3. The van der Waals surface area contributed by atoms with Gasteiger partial charge in [0.25, 0.3) is 0 Å². The Kier molecular flexibility index (Phi) is 3.65. The lowest BCUT2D eigenvalue weighted by molar-refractivity contribution is -0.116. The third-order valence-electron chi connectivity index (χ3n) is 3.84. The molecule has 1 unspecified atom stereocenters. The molecule has 2 heterocycles. The lowest BCUT2D eigenvalue weighted by atomic mass is 10.1. The number of aromatic nitrogens is 1. The summed E-state index contributed by atoms with van der Waals surface area (Å²) in [7, 11) is 0. The van der Waals surface area contributed by atoms with E-state index in [1.54, 1.807) is 6.20 Å². The lowest BCUT2D eigenvalue weighted by Gasteiger charge is -2.12. The normalized spacial score (nSPS) is 18.4. The van der Waals surface area contributed by atoms with Gasteiger partial charge in [0.15, 0.2) is 0 Å². The van der Waals surface area contributed by atoms with Crippen LogP contribution in [0.25, 0.3) is 10.9 Å². The van der Waals surface area contributed by atoms with Crippen LogP contribution in [0.1, 0.15) is 24.8 Å². The highest BCUT2D eigenvalue weighted by molar-refractivity contribution is 6.01. The van der Waals surface area contributed by atoms with E-state index < -0.39 is 0 Å². The maximum atomic E-state index is 12.1. The summed E-state index contributed by atoms with van der Waals surface area (Å²) >= 11 is 0. The van der Waals surface area contributed by atoms with Crippen molar-refractivity contribution in [2.24, 2.45) is 0 Å². The molecule has 20 heavy (non-hydrogen) atoms. The first-order valence-electron chi connectivity index (χ1n) is 7.11. The van der Waals surface area contributed by atoms with Gasteiger partial charge in [-0.3, -0.25) is 9.78 Å². The number of hydrogen-bond donors (Lipinski definition) is 2. The van der Waals surface area contributed by atoms with E-state index in [1.807, 2.05) is 31.2 Å². The number of carbonyl (C=O) groups excluding carboxylic acids is 1. The lowest BCUT2D eigenvalue weighted by Crippen LogP contribution is -2.27. The predicted octanol–water partition coefficient (Wildman–Crippen LogP) is 2.62. The SMILES string of the molecule is Cc1ccc(NC(=O)CC2CCCN2)c2cccnc12. The smallest absolute Gasteiger partial charge is 0.225 e. The zero-order chi connectivity index (χ0) is 13.9. The minimum absolute atomic E-state index is 0.0680. The minimum atomic E-state index is 0.0680. The molecule has 0 aliphatic carbocycles. The second-order valence-corrected chi connectivity index (χ2v) is 5.38. The van der Waals surface area contributed by atoms with E-state index in [9.17, 15) is 4.79 Å². The molecule has 3 rings (SSSR count). The van der Waals surface area contributed by atoms with Crippen molar-refractivity contribution in [2.75, 3.05) is 11.9 Å². The second-order valence-electron chi connectivity index (χ2n) is 5.38. The highest BCUT2D eigenvalue weighted by Gasteiger charge is 2.18. The van der Waals surface area contributed by atoms with Gasteiger partial charge in [-0.05, 0) is 50.1 Å². The van der Waals surface area contributed by atoms with Crippen molar-refractivity contribution in [1.82, 2.24) is 10.3 Å². The molecule has 1 saturated heterocycles. The van der Waals surface area contributed by atoms with E-state index in [-0.39, 0.29) is 5.91 Å². The first-order valence-corrected chi connectivity index (χ1v) is 7.11. The van der Waals surface area contributed by atoms with Crippen LogP contribution in [-0.2, 0) is 4.79 Å². The van der Waals surface area contributed by atoms with E-state index in [4.69, 9.17) is 0 Å². The number of hydrogen-bond acceptors (Lipinski definition) is 3. The van der Waals surface area contributed by atoms with Crippen molar-refractivity contribution in [2.45, 2.75) is 32.2 Å². The fourth-order valence-corrected chi connectivity index (χ4v) is 2.78. The highest BCUT2D eigenvalue weighted by Crippen LogP contribution is 2.24. The highest BCUT2D eigenvalue weighted by atomic mass is 16.1. The maximum Gasteiger partial charge on any atom is 0.225 e. The summed E-state index contributed by atoms with van der Waals surface area (Å²) in [6.45, 7) is 3.05. The van der Waals surface area contributed by atoms with Gasteiger partial charge >= 0.3 is 0 Å². The molecular formula is C16H19N3O. The van der Waals surface area contributed by atoms with Crippen LogP contribution in [0, 0.1) is 6.92 Å². The van der Waals surface area contributed by atoms with Crippen LogP contribution < -0.4 is 10.6 Å². The fourth-order valence-electron chi connectivity index (χ4n) is 2.78. The standard InChI is InChI=1S/C16H19N3O/c1-11-6-7-14(13-5-3-9-18-16(11)13)19-15(20)10-12-4-2-8-17-12/h3,5-7,9,12,17H,2,4,8,10H2,1H3,(H,19,20). The summed E-state index contributed by atoms with van der Waals surface area (Å²) in [5, 5.41) is 7.37. The molecule has 1 aromatic carbocycles. The van der Waals surface area contributed by atoms with Gasteiger partial charge in [0.1, 0.15) is 0 Å². The molecule has 0 radical (unpaired) electrons. The zero-order valence-electron chi connectivity index (χ0n) is 11.6. The van der Waals surface area contributed by atoms with Gasteiger partial charge in [0, 0.05) is 24.0 Å². The van der Waals surface area contributed by atoms with Gasteiger partial charge < -0.3 is 10.6 Å². The van der Waals surface area contributed by atoms with Gasteiger partial charge in [-0.25, -0.2) is 0 Å². The molecular weight excluding hydrogens is 250 g/mol. The van der Waals surface area contributed by atoms with Crippen LogP contribution >= 0.6 is 0 Å². The molecule has 1 aliphatic rings. The van der Waals surface area contributed by atoms with Crippen LogP contribution in [-0.4, -0.2) is 23.5 Å². The Labute approximate surface area is 118 Å². The molecule has 104 valence electrons. The monoisotopic (exact) mass is 269 g/mol. The third kappa shape index (κ3) is 2.65. The molecule has 0 saturated carbocycles. The Bertz CT molecular complexity index is 633. The number of aryl methyl sites for hydroxylation is 1. The van der Waals surface area contributed by atoms with Gasteiger partial charge in [-0.15, -0.1) is 0 Å². The summed E-state index contributed by atoms with van der Waals surface area (Å²) in [5.41, 5.74) is 2.92. The number of nitrogens with one attached hydrogen (secondary N) is 2. The first-order chi connectivity index (χ1) is 9.74. The van der Waals surface area contributed by atoms with Gasteiger partial charge in [0.2, 0.25) is 5.91 Å². The van der Waals surface area contributed by atoms with Crippen molar-refractivity contribution >= 4 is 22.5 Å². The number of fused-ring (bicyclic) bond motifs is 1. The summed E-state index contributed by atoms with van der Waals surface area (Å²) in [6.07, 6.45) is 4.57. The Hall–Kier alpha value is -1.94. The van der Waals surface area contributed by atoms with Crippen LogP contribution in [0.2, 0.25) is 0 Å². The Morgan fingerprint density at radius 1 is 1.45 bits per heavy atom. The Balaban J connectivity index is 1.80. The summed E-state index contributed by atoms with van der Waals surface area (Å²) < 4.78 is 0. The largest absolute Gasteiger partial charge is 0.325 e. The van der Waals surface area contributed by atoms with Crippen LogP contribution in [0.5, 0.6) is 0 Å². The Morgan fingerprint density at radius 2 is 2.35 bits per heavy atom. The number of amides is 1. The second kappa shape index (κ2) is 5.59. The van der Waals surface area contributed by atoms with Crippen molar-refractivity contribution < 1.29 is 4.79 Å². The van der Waals surface area contributed by atoms with E-state index in [0.29, 0.717) is 12.5 Å². The van der Waals surface area contributed by atoms with Crippen LogP contribution in [0.3, 0.4) is 0 Å². The molecule has 1 fully saturated rings. The van der Waals surface area contributed by atoms with Crippen molar-refractivity contribution in [3.05, 3.63) is 36.0 Å². The molecule has 0 spiro atoms. The third-order valence-corrected chi connectivity index (χ3v) is 3.84. The molecule has 1 atom stereocenters. The fraction of sp³-hybridized carbons (Fsp3) is 0.375. The molecule has 2 aromatic rings. The predicted molar refractivity (Wildman–Crippen MR) is 80.8 cm³/mol. The molecule has 2 N–H and O–H groups in total. The summed E-state index contributed by atoms with van der Waals surface area (Å²) in [6, 6.07) is 8.18. The van der Waals surface area contributed by atoms with E-state index in [0.717, 1.165) is 41.5 Å². The number of nitrogens with zero attached hydrogens (tertiary/aromatic N) is 1. The number of pyridine rings is 1. The zero-order valence-corrected chi connectivity index (χ0v) is 11.6. The molecule has 4 nitrogen and oxygen atoms in total. The van der Waals surface area contributed by atoms with E-state index >= 15 is 0 Å². The van der Waals surface area contributed by atoms with Crippen molar-refractivity contribution in [3.8, 4) is 0 Å². The number of benzene rings is 1. The minimum Gasteiger partial charge on any atom is -0.325 e. The Morgan fingerprint density at radius 3 is 3.15 bits per heavy atom. The van der Waals surface area contributed by atoms with Gasteiger partial charge in [-0.1, -0.05) is 6.07 Å². The van der Waals surface area contributed by atoms with Crippen LogP contribution in [0.15, 0.2) is 30.5 Å². The average molecular weight is 269 g/mol. The van der Waals surface area contributed by atoms with Crippen molar-refractivity contribution in [1.29, 1.82) is 0 Å². The van der Waals surface area contributed by atoms with Gasteiger partial charge in [0.05, 0.1) is 11.2 Å². The van der Waals surface area contributed by atoms with E-state index in [1.165, 1.54) is 0 Å². The molecule has 4 heteroatoms. The summed E-state index contributed by atoms with van der Waals surface area (Å²) in [4.78, 5) is 16.5. The van der Waals surface area contributed by atoms with Gasteiger partial charge in [-0.2, -0.15) is 0 Å². The average Bonchev–Trinajstić information content (AvgIpc) is 2.95. The number of anilines is 1. The summed E-state index contributed by atoms with van der Waals surface area (Å²) in [5.74, 6) is 0.0680. The quantitative estimate of drug-likeness (QED) is 0.900. The molecule has 1 aliphatic heterocycles. The van der Waals surface area contributed by atoms with Crippen molar-refractivity contribution in [3.63, 3.8) is 0 Å². The number of carbonyl (C=O) groups is 1. The topological polar surface area (TPSA) is 54.0 Å².